The number of amidine groups is 1. The molecule has 1 atom stereocenters. The summed E-state index contributed by atoms with van der Waals surface area (Å²) in [5.41, 5.74) is 0.340. The molecule has 148 valence electrons. The quantitative estimate of drug-likeness (QED) is 0.531. The molecule has 2 aliphatic heterocycles. The van der Waals surface area contributed by atoms with Gasteiger partial charge >= 0.3 is 6.18 Å². The molecule has 0 spiro atoms. The average molecular weight is 427 g/mol. The van der Waals surface area contributed by atoms with Crippen molar-refractivity contribution in [3.63, 3.8) is 0 Å². The van der Waals surface area contributed by atoms with Gasteiger partial charge in [-0.3, -0.25) is 0 Å². The molecule has 1 saturated heterocycles. The van der Waals surface area contributed by atoms with Gasteiger partial charge in [0, 0.05) is 24.8 Å². The highest BCUT2D eigenvalue weighted by atomic mass is 35.5. The van der Waals surface area contributed by atoms with Crippen molar-refractivity contribution in [1.29, 1.82) is 0 Å². The molecule has 28 heavy (non-hydrogen) atoms. The summed E-state index contributed by atoms with van der Waals surface area (Å²) in [6, 6.07) is 10.5. The Morgan fingerprint density at radius 1 is 1.11 bits per heavy atom. The first-order chi connectivity index (χ1) is 13.4. The number of piperidine rings is 1. The Morgan fingerprint density at radius 3 is 2.64 bits per heavy atom. The number of fused-ring (bicyclic) bond motifs is 1. The summed E-state index contributed by atoms with van der Waals surface area (Å²) in [6.07, 6.45) is -2.29. The van der Waals surface area contributed by atoms with Crippen LogP contribution >= 0.6 is 23.5 Å². The van der Waals surface area contributed by atoms with E-state index in [1.54, 1.807) is 24.1 Å². The molecule has 0 unspecified atom stereocenters. The summed E-state index contributed by atoms with van der Waals surface area (Å²) in [7, 11) is 0. The highest BCUT2D eigenvalue weighted by Crippen LogP contribution is 2.38. The first-order valence-corrected chi connectivity index (χ1v) is 10.3. The van der Waals surface area contributed by atoms with E-state index in [-0.39, 0.29) is 16.7 Å². The number of hydrogen-bond donors (Lipinski definition) is 0. The minimum absolute atomic E-state index is 0.0128. The number of ether oxygens (including phenoxy) is 1. The van der Waals surface area contributed by atoms with E-state index in [0.29, 0.717) is 5.75 Å². The fourth-order valence-corrected chi connectivity index (χ4v) is 4.45. The van der Waals surface area contributed by atoms with Gasteiger partial charge in [0.15, 0.2) is 0 Å². The molecule has 2 heterocycles. The van der Waals surface area contributed by atoms with E-state index >= 15 is 0 Å². The topological polar surface area (TPSA) is 24.8 Å². The van der Waals surface area contributed by atoms with Crippen LogP contribution in [0.1, 0.15) is 29.9 Å². The number of nitrogens with zero attached hydrogens (tertiary/aromatic N) is 2. The van der Waals surface area contributed by atoms with Crippen molar-refractivity contribution in [3.8, 4) is 11.5 Å². The van der Waals surface area contributed by atoms with E-state index in [1.807, 2.05) is 12.1 Å². The van der Waals surface area contributed by atoms with Gasteiger partial charge in [-0.15, -0.1) is 0 Å². The Labute approximate surface area is 170 Å². The van der Waals surface area contributed by atoms with Gasteiger partial charge in [-0.2, -0.15) is 13.2 Å². The van der Waals surface area contributed by atoms with Crippen molar-refractivity contribution in [2.24, 2.45) is 4.40 Å². The van der Waals surface area contributed by atoms with Crippen molar-refractivity contribution >= 4 is 29.4 Å². The second kappa shape index (κ2) is 7.87. The highest BCUT2D eigenvalue weighted by molar-refractivity contribution is 7.98. The number of halogens is 4. The second-order valence-corrected chi connectivity index (χ2v) is 8.03. The minimum atomic E-state index is -4.45. The lowest BCUT2D eigenvalue weighted by Crippen LogP contribution is -2.42. The summed E-state index contributed by atoms with van der Waals surface area (Å²) in [6.45, 7) is 2.07. The van der Waals surface area contributed by atoms with Gasteiger partial charge in [-0.1, -0.05) is 23.7 Å². The van der Waals surface area contributed by atoms with E-state index in [4.69, 9.17) is 16.3 Å². The normalized spacial score (nSPS) is 19.8. The molecule has 2 aliphatic rings. The van der Waals surface area contributed by atoms with E-state index in [9.17, 15) is 13.2 Å². The zero-order valence-corrected chi connectivity index (χ0v) is 16.4. The molecular weight excluding hydrogens is 409 g/mol. The standard InChI is InChI=1S/C20H18ClF3N2OS/c21-17-8-5-14(20(22,23)24)12-18(17)27-15-6-3-13(4-7-15)16-2-1-9-26-10-11-28-25-19(16)26/h3-8,12,16H,1-2,9-11H2/t16-/m0/s1. The molecule has 2 aromatic carbocycles. The van der Waals surface area contributed by atoms with Crippen molar-refractivity contribution < 1.29 is 17.9 Å². The van der Waals surface area contributed by atoms with Crippen LogP contribution in [-0.4, -0.2) is 29.6 Å². The van der Waals surface area contributed by atoms with Crippen LogP contribution in [0.15, 0.2) is 46.9 Å². The lowest BCUT2D eigenvalue weighted by molar-refractivity contribution is -0.137. The van der Waals surface area contributed by atoms with Crippen LogP contribution in [-0.2, 0) is 6.18 Å². The van der Waals surface area contributed by atoms with E-state index in [2.05, 4.69) is 9.30 Å². The molecule has 0 bridgehead atoms. The summed E-state index contributed by atoms with van der Waals surface area (Å²) >= 11 is 7.61. The lowest BCUT2D eigenvalue weighted by Gasteiger charge is -2.37. The maximum atomic E-state index is 12.9. The van der Waals surface area contributed by atoms with Crippen LogP contribution in [0.25, 0.3) is 0 Å². The summed E-state index contributed by atoms with van der Waals surface area (Å²) in [5, 5.41) is 0.133. The lowest BCUT2D eigenvalue weighted by atomic mass is 9.89. The molecule has 0 saturated carbocycles. The SMILES string of the molecule is FC(F)(F)c1ccc(Cl)c(Oc2ccc([C@@H]3CCCN4CCSN=C34)cc2)c1. The van der Waals surface area contributed by atoms with Gasteiger partial charge in [-0.25, -0.2) is 4.40 Å². The predicted octanol–water partition coefficient (Wildman–Crippen LogP) is 6.39. The van der Waals surface area contributed by atoms with Crippen LogP contribution in [0.4, 0.5) is 13.2 Å². The fraction of sp³-hybridized carbons (Fsp3) is 0.350. The van der Waals surface area contributed by atoms with Crippen molar-refractivity contribution in [3.05, 3.63) is 58.6 Å². The smallest absolute Gasteiger partial charge is 0.416 e. The molecule has 0 aliphatic carbocycles. The largest absolute Gasteiger partial charge is 0.456 e. The number of alkyl halides is 3. The van der Waals surface area contributed by atoms with Crippen molar-refractivity contribution in [2.75, 3.05) is 18.8 Å². The second-order valence-electron chi connectivity index (χ2n) is 6.78. The zero-order valence-electron chi connectivity index (χ0n) is 14.9. The van der Waals surface area contributed by atoms with Crippen LogP contribution in [0, 0.1) is 0 Å². The Balaban J connectivity index is 1.54. The van der Waals surface area contributed by atoms with Gasteiger partial charge in [0.2, 0.25) is 0 Å². The zero-order chi connectivity index (χ0) is 19.7. The molecule has 8 heteroatoms. The maximum Gasteiger partial charge on any atom is 0.416 e. The number of rotatable bonds is 3. The van der Waals surface area contributed by atoms with Gasteiger partial charge in [0.1, 0.15) is 17.3 Å². The average Bonchev–Trinajstić information content (AvgIpc) is 2.69. The van der Waals surface area contributed by atoms with Crippen LogP contribution in [0.3, 0.4) is 0 Å². The molecule has 4 rings (SSSR count). The van der Waals surface area contributed by atoms with Gasteiger partial charge < -0.3 is 9.64 Å². The third kappa shape index (κ3) is 4.10. The first-order valence-electron chi connectivity index (χ1n) is 9.01. The molecule has 0 radical (unpaired) electrons. The predicted molar refractivity (Wildman–Crippen MR) is 106 cm³/mol. The molecule has 0 amide bonds. The minimum Gasteiger partial charge on any atom is -0.456 e. The van der Waals surface area contributed by atoms with Gasteiger partial charge in [0.25, 0.3) is 0 Å². The Morgan fingerprint density at radius 2 is 1.89 bits per heavy atom. The molecule has 0 N–H and O–H groups in total. The van der Waals surface area contributed by atoms with Gasteiger partial charge in [0.05, 0.1) is 10.6 Å². The maximum absolute atomic E-state index is 12.9. The van der Waals surface area contributed by atoms with Crippen LogP contribution in [0.2, 0.25) is 5.02 Å². The molecular formula is C20H18ClF3N2OS. The number of benzene rings is 2. The summed E-state index contributed by atoms with van der Waals surface area (Å²) in [5.74, 6) is 2.81. The third-order valence-electron chi connectivity index (χ3n) is 4.94. The third-order valence-corrected chi connectivity index (χ3v) is 5.93. The number of hydrogen-bond acceptors (Lipinski definition) is 4. The van der Waals surface area contributed by atoms with E-state index in [1.165, 1.54) is 6.07 Å². The van der Waals surface area contributed by atoms with Crippen molar-refractivity contribution in [1.82, 2.24) is 4.90 Å². The first kappa shape index (κ1) is 19.5. The summed E-state index contributed by atoms with van der Waals surface area (Å²) < 4.78 is 49.0. The molecule has 0 aromatic heterocycles. The van der Waals surface area contributed by atoms with E-state index < -0.39 is 11.7 Å². The van der Waals surface area contributed by atoms with E-state index in [0.717, 1.165) is 55.2 Å². The van der Waals surface area contributed by atoms with Crippen molar-refractivity contribution in [2.45, 2.75) is 24.9 Å². The molecule has 1 fully saturated rings. The fourth-order valence-electron chi connectivity index (χ4n) is 3.53. The Hall–Kier alpha value is -1.86. The van der Waals surface area contributed by atoms with Crippen LogP contribution < -0.4 is 4.74 Å². The Kier molecular flexibility index (Phi) is 5.47. The molecule has 3 nitrogen and oxygen atoms in total. The monoisotopic (exact) mass is 426 g/mol. The Bertz CT molecular complexity index is 886. The highest BCUT2D eigenvalue weighted by Gasteiger charge is 2.32. The summed E-state index contributed by atoms with van der Waals surface area (Å²) in [4.78, 5) is 2.34. The van der Waals surface area contributed by atoms with Crippen LogP contribution in [0.5, 0.6) is 11.5 Å². The van der Waals surface area contributed by atoms with Gasteiger partial charge in [-0.05, 0) is 60.7 Å². The molecule has 2 aromatic rings.